The van der Waals surface area contributed by atoms with Crippen molar-refractivity contribution in [2.45, 2.75) is 37.6 Å². The molecule has 2 fully saturated rings. The van der Waals surface area contributed by atoms with Crippen molar-refractivity contribution >= 4 is 5.82 Å². The average Bonchev–Trinajstić information content (AvgIpc) is 3.18. The van der Waals surface area contributed by atoms with Crippen LogP contribution in [0.5, 0.6) is 0 Å². The van der Waals surface area contributed by atoms with E-state index in [0.29, 0.717) is 18.5 Å². The van der Waals surface area contributed by atoms with E-state index in [0.717, 1.165) is 37.3 Å². The molecule has 0 unspecified atom stereocenters. The number of aromatic nitrogens is 2. The molecule has 0 aromatic carbocycles. The Bertz CT molecular complexity index is 463. The molecule has 1 heterocycles. The van der Waals surface area contributed by atoms with Gasteiger partial charge in [-0.25, -0.2) is 4.98 Å². The Morgan fingerprint density at radius 3 is 2.76 bits per heavy atom. The van der Waals surface area contributed by atoms with Crippen LogP contribution in [0.15, 0.2) is 10.9 Å². The summed E-state index contributed by atoms with van der Waals surface area (Å²) in [7, 11) is 0. The molecular formula is C12H17N3O2. The number of aliphatic hydroxyl groups is 1. The van der Waals surface area contributed by atoms with E-state index in [1.165, 1.54) is 0 Å². The standard InChI is InChI=1S/C12H17N3O2/c16-6-5-15(9-3-4-9)10-7-11(17)14-12(13-10)8-1-2-8/h7-9,16H,1-6H2,(H,13,14,17). The minimum absolute atomic E-state index is 0.0829. The van der Waals surface area contributed by atoms with Gasteiger partial charge in [0, 0.05) is 24.6 Å². The third-order valence-electron chi connectivity index (χ3n) is 3.33. The van der Waals surface area contributed by atoms with Crippen LogP contribution in [-0.2, 0) is 0 Å². The fraction of sp³-hybridized carbons (Fsp3) is 0.667. The highest BCUT2D eigenvalue weighted by atomic mass is 16.3. The molecule has 0 spiro atoms. The second-order valence-electron chi connectivity index (χ2n) is 4.91. The van der Waals surface area contributed by atoms with Crippen molar-refractivity contribution in [2.75, 3.05) is 18.1 Å². The topological polar surface area (TPSA) is 69.2 Å². The lowest BCUT2D eigenvalue weighted by Crippen LogP contribution is -2.31. The maximum atomic E-state index is 11.6. The number of aromatic amines is 1. The van der Waals surface area contributed by atoms with Crippen molar-refractivity contribution in [1.29, 1.82) is 0 Å². The van der Waals surface area contributed by atoms with E-state index in [2.05, 4.69) is 14.9 Å². The van der Waals surface area contributed by atoms with Crippen molar-refractivity contribution in [1.82, 2.24) is 9.97 Å². The molecule has 92 valence electrons. The minimum Gasteiger partial charge on any atom is -0.395 e. The molecule has 5 heteroatoms. The maximum Gasteiger partial charge on any atom is 0.252 e. The van der Waals surface area contributed by atoms with Crippen LogP contribution in [-0.4, -0.2) is 34.3 Å². The Hall–Kier alpha value is -1.36. The quantitative estimate of drug-likeness (QED) is 0.784. The van der Waals surface area contributed by atoms with Gasteiger partial charge in [0.15, 0.2) is 0 Å². The van der Waals surface area contributed by atoms with Gasteiger partial charge in [-0.05, 0) is 25.7 Å². The molecule has 0 atom stereocenters. The lowest BCUT2D eigenvalue weighted by atomic mass is 10.3. The second-order valence-corrected chi connectivity index (χ2v) is 4.91. The molecule has 2 aliphatic carbocycles. The van der Waals surface area contributed by atoms with Gasteiger partial charge in [-0.15, -0.1) is 0 Å². The van der Waals surface area contributed by atoms with Crippen molar-refractivity contribution in [3.05, 3.63) is 22.2 Å². The summed E-state index contributed by atoms with van der Waals surface area (Å²) in [6, 6.07) is 2.00. The summed E-state index contributed by atoms with van der Waals surface area (Å²) >= 11 is 0. The highest BCUT2D eigenvalue weighted by molar-refractivity contribution is 5.41. The fourth-order valence-corrected chi connectivity index (χ4v) is 2.14. The molecule has 2 saturated carbocycles. The van der Waals surface area contributed by atoms with Crippen molar-refractivity contribution < 1.29 is 5.11 Å². The van der Waals surface area contributed by atoms with E-state index >= 15 is 0 Å². The number of nitrogens with zero attached hydrogens (tertiary/aromatic N) is 2. The van der Waals surface area contributed by atoms with Gasteiger partial charge in [-0.3, -0.25) is 4.79 Å². The molecule has 1 aromatic rings. The van der Waals surface area contributed by atoms with Gasteiger partial charge in [0.1, 0.15) is 11.6 Å². The van der Waals surface area contributed by atoms with Gasteiger partial charge in [-0.2, -0.15) is 0 Å². The SMILES string of the molecule is O=c1cc(N(CCO)C2CC2)nc(C2CC2)[nH]1. The van der Waals surface area contributed by atoms with E-state index in [-0.39, 0.29) is 12.2 Å². The number of anilines is 1. The number of rotatable bonds is 5. The fourth-order valence-electron chi connectivity index (χ4n) is 2.14. The molecular weight excluding hydrogens is 218 g/mol. The Labute approximate surface area is 99.5 Å². The van der Waals surface area contributed by atoms with Gasteiger partial charge >= 0.3 is 0 Å². The smallest absolute Gasteiger partial charge is 0.252 e. The summed E-state index contributed by atoms with van der Waals surface area (Å²) in [6.07, 6.45) is 4.51. The molecule has 0 saturated heterocycles. The van der Waals surface area contributed by atoms with Gasteiger partial charge in [0.25, 0.3) is 5.56 Å². The lowest BCUT2D eigenvalue weighted by molar-refractivity contribution is 0.301. The van der Waals surface area contributed by atoms with Crippen molar-refractivity contribution in [3.8, 4) is 0 Å². The Kier molecular flexibility index (Phi) is 2.63. The van der Waals surface area contributed by atoms with Crippen LogP contribution in [0.2, 0.25) is 0 Å². The summed E-state index contributed by atoms with van der Waals surface area (Å²) in [5.41, 5.74) is -0.0829. The first-order valence-electron chi connectivity index (χ1n) is 6.26. The first kappa shape index (κ1) is 10.8. The molecule has 2 N–H and O–H groups in total. The normalized spacial score (nSPS) is 19.4. The Morgan fingerprint density at radius 2 is 2.18 bits per heavy atom. The van der Waals surface area contributed by atoms with Crippen LogP contribution in [0.4, 0.5) is 5.82 Å². The monoisotopic (exact) mass is 235 g/mol. The van der Waals surface area contributed by atoms with Crippen LogP contribution < -0.4 is 10.5 Å². The van der Waals surface area contributed by atoms with Crippen LogP contribution in [0.3, 0.4) is 0 Å². The second kappa shape index (κ2) is 4.14. The van der Waals surface area contributed by atoms with E-state index < -0.39 is 0 Å². The highest BCUT2D eigenvalue weighted by Gasteiger charge is 2.31. The molecule has 3 rings (SSSR count). The largest absolute Gasteiger partial charge is 0.395 e. The molecule has 17 heavy (non-hydrogen) atoms. The van der Waals surface area contributed by atoms with E-state index in [9.17, 15) is 4.79 Å². The maximum absolute atomic E-state index is 11.6. The number of hydrogen-bond acceptors (Lipinski definition) is 4. The molecule has 2 aliphatic rings. The van der Waals surface area contributed by atoms with Gasteiger partial charge in [0.2, 0.25) is 0 Å². The Balaban J connectivity index is 1.91. The van der Waals surface area contributed by atoms with Crippen LogP contribution in [0.1, 0.15) is 37.4 Å². The van der Waals surface area contributed by atoms with Gasteiger partial charge in [0.05, 0.1) is 6.61 Å². The zero-order valence-electron chi connectivity index (χ0n) is 9.72. The molecule has 0 bridgehead atoms. The minimum atomic E-state index is -0.0829. The molecule has 0 amide bonds. The predicted octanol–water partition coefficient (Wildman–Crippen LogP) is 0.608. The van der Waals surface area contributed by atoms with Crippen LogP contribution >= 0.6 is 0 Å². The third-order valence-corrected chi connectivity index (χ3v) is 3.33. The zero-order chi connectivity index (χ0) is 11.8. The van der Waals surface area contributed by atoms with Crippen molar-refractivity contribution in [2.24, 2.45) is 0 Å². The van der Waals surface area contributed by atoms with E-state index in [1.54, 1.807) is 6.07 Å². The van der Waals surface area contributed by atoms with Crippen molar-refractivity contribution in [3.63, 3.8) is 0 Å². The highest BCUT2D eigenvalue weighted by Crippen LogP contribution is 2.38. The lowest BCUT2D eigenvalue weighted by Gasteiger charge is -2.22. The van der Waals surface area contributed by atoms with Gasteiger partial charge < -0.3 is 15.0 Å². The van der Waals surface area contributed by atoms with Crippen LogP contribution in [0.25, 0.3) is 0 Å². The molecule has 1 aromatic heterocycles. The third kappa shape index (κ3) is 2.34. The average molecular weight is 235 g/mol. The molecule has 0 radical (unpaired) electrons. The molecule has 0 aliphatic heterocycles. The predicted molar refractivity (Wildman–Crippen MR) is 64.3 cm³/mol. The number of H-pyrrole nitrogens is 1. The van der Waals surface area contributed by atoms with Gasteiger partial charge in [-0.1, -0.05) is 0 Å². The summed E-state index contributed by atoms with van der Waals surface area (Å²) in [5, 5.41) is 9.08. The molecule has 5 nitrogen and oxygen atoms in total. The first-order valence-corrected chi connectivity index (χ1v) is 6.26. The number of nitrogens with one attached hydrogen (secondary N) is 1. The Morgan fingerprint density at radius 1 is 1.41 bits per heavy atom. The zero-order valence-corrected chi connectivity index (χ0v) is 9.72. The number of aliphatic hydroxyl groups excluding tert-OH is 1. The number of hydrogen-bond donors (Lipinski definition) is 2. The van der Waals surface area contributed by atoms with E-state index in [1.807, 2.05) is 0 Å². The summed E-state index contributed by atoms with van der Waals surface area (Å²) in [6.45, 7) is 0.662. The summed E-state index contributed by atoms with van der Waals surface area (Å²) in [5.74, 6) is 1.99. The summed E-state index contributed by atoms with van der Waals surface area (Å²) in [4.78, 5) is 21.0. The first-order chi connectivity index (χ1) is 8.28. The van der Waals surface area contributed by atoms with E-state index in [4.69, 9.17) is 5.11 Å². The summed E-state index contributed by atoms with van der Waals surface area (Å²) < 4.78 is 0. The van der Waals surface area contributed by atoms with Crippen LogP contribution in [0, 0.1) is 0 Å².